The van der Waals surface area contributed by atoms with Gasteiger partial charge in [0.1, 0.15) is 11.4 Å². The summed E-state index contributed by atoms with van der Waals surface area (Å²) in [5.74, 6) is 1.29. The monoisotopic (exact) mass is 348 g/mol. The summed E-state index contributed by atoms with van der Waals surface area (Å²) in [6.07, 6.45) is 5.58. The second-order valence-electron chi connectivity index (χ2n) is 7.24. The van der Waals surface area contributed by atoms with Gasteiger partial charge in [-0.05, 0) is 51.2 Å². The highest BCUT2D eigenvalue weighted by Gasteiger charge is 2.29. The van der Waals surface area contributed by atoms with E-state index in [-0.39, 0.29) is 6.61 Å². The molecule has 0 aromatic heterocycles. The van der Waals surface area contributed by atoms with E-state index in [9.17, 15) is 5.11 Å². The number of hydrogen-bond acceptors (Lipinski definition) is 4. The first-order valence-corrected chi connectivity index (χ1v) is 9.11. The van der Waals surface area contributed by atoms with Gasteiger partial charge < -0.3 is 19.5 Å². The molecule has 0 radical (unpaired) electrons. The largest absolute Gasteiger partial charge is 0.496 e. The summed E-state index contributed by atoms with van der Waals surface area (Å²) in [6, 6.07) is 3.83. The molecule has 140 valence electrons. The zero-order chi connectivity index (χ0) is 18.4. The van der Waals surface area contributed by atoms with Crippen LogP contribution in [0.4, 0.5) is 5.69 Å². The normalized spacial score (nSPS) is 17.4. The number of aryl methyl sites for hydroxylation is 1. The number of hydrogen-bond donors (Lipinski definition) is 1. The van der Waals surface area contributed by atoms with Crippen LogP contribution >= 0.6 is 0 Å². The van der Waals surface area contributed by atoms with Gasteiger partial charge in [0, 0.05) is 31.8 Å². The van der Waals surface area contributed by atoms with E-state index < -0.39 is 5.60 Å². The van der Waals surface area contributed by atoms with Crippen LogP contribution in [0.5, 0.6) is 5.75 Å². The van der Waals surface area contributed by atoms with Crippen molar-refractivity contribution in [2.24, 2.45) is 10.9 Å². The number of nitrogens with zero attached hydrogens (tertiary/aromatic N) is 2. The molecule has 1 fully saturated rings. The molecule has 0 bridgehead atoms. The summed E-state index contributed by atoms with van der Waals surface area (Å²) in [7, 11) is 3.60. The molecular weight excluding hydrogens is 316 g/mol. The maximum absolute atomic E-state index is 10.9. The molecule has 1 aliphatic carbocycles. The van der Waals surface area contributed by atoms with Crippen LogP contribution in [0.2, 0.25) is 0 Å². The quantitative estimate of drug-likeness (QED) is 0.547. The van der Waals surface area contributed by atoms with Crippen LogP contribution in [0.25, 0.3) is 0 Å². The minimum absolute atomic E-state index is 0.264. The van der Waals surface area contributed by atoms with Gasteiger partial charge in [-0.3, -0.25) is 0 Å². The smallest absolute Gasteiger partial charge is 0.127 e. The first-order chi connectivity index (χ1) is 11.9. The van der Waals surface area contributed by atoms with Crippen LogP contribution in [0.1, 0.15) is 44.2 Å². The van der Waals surface area contributed by atoms with E-state index >= 15 is 0 Å². The van der Waals surface area contributed by atoms with E-state index in [1.54, 1.807) is 20.4 Å². The van der Waals surface area contributed by atoms with Gasteiger partial charge >= 0.3 is 0 Å². The summed E-state index contributed by atoms with van der Waals surface area (Å²) in [5.41, 5.74) is 1.48. The Hall–Kier alpha value is -1.59. The number of benzene rings is 1. The molecule has 25 heavy (non-hydrogen) atoms. The second-order valence-corrected chi connectivity index (χ2v) is 7.24. The van der Waals surface area contributed by atoms with Crippen molar-refractivity contribution < 1.29 is 14.6 Å². The van der Waals surface area contributed by atoms with Crippen LogP contribution in [-0.4, -0.2) is 50.3 Å². The zero-order valence-corrected chi connectivity index (χ0v) is 16.2. The molecule has 0 spiro atoms. The van der Waals surface area contributed by atoms with E-state index in [0.717, 1.165) is 30.0 Å². The molecular formula is C20H32N2O3. The molecule has 2 rings (SSSR count). The molecule has 1 unspecified atom stereocenters. The molecule has 0 amide bonds. The van der Waals surface area contributed by atoms with E-state index in [2.05, 4.69) is 11.9 Å². The van der Waals surface area contributed by atoms with Gasteiger partial charge in [0.2, 0.25) is 0 Å². The van der Waals surface area contributed by atoms with Gasteiger partial charge in [-0.2, -0.15) is 0 Å². The van der Waals surface area contributed by atoms with Crippen molar-refractivity contribution in [3.63, 3.8) is 0 Å². The number of aliphatic imine (C=N–C) groups is 1. The van der Waals surface area contributed by atoms with Crippen molar-refractivity contribution in [3.05, 3.63) is 23.3 Å². The minimum atomic E-state index is -1.09. The van der Waals surface area contributed by atoms with Crippen LogP contribution in [0.15, 0.2) is 17.1 Å². The predicted molar refractivity (Wildman–Crippen MR) is 102 cm³/mol. The van der Waals surface area contributed by atoms with Crippen LogP contribution in [-0.2, 0) is 10.3 Å². The highest BCUT2D eigenvalue weighted by atomic mass is 16.5. The van der Waals surface area contributed by atoms with E-state index in [4.69, 9.17) is 9.47 Å². The first-order valence-electron chi connectivity index (χ1n) is 9.11. The number of rotatable bonds is 9. The van der Waals surface area contributed by atoms with Crippen molar-refractivity contribution >= 4 is 12.0 Å². The Labute approximate surface area is 151 Å². The SMILES string of the molecule is CCN(C)C=Nc1cc(OC)c(C(C)(O)COCC2CCC2)cc1C. The lowest BCUT2D eigenvalue weighted by Crippen LogP contribution is -2.30. The summed E-state index contributed by atoms with van der Waals surface area (Å²) in [5, 5.41) is 10.9. The molecule has 1 saturated carbocycles. The number of methoxy groups -OCH3 is 1. The maximum atomic E-state index is 10.9. The van der Waals surface area contributed by atoms with Gasteiger partial charge in [0.15, 0.2) is 0 Å². The standard InChI is InChI=1S/C20H32N2O3/c1-6-22(4)14-21-18-11-19(24-5)17(10-15(18)2)20(3,23)13-25-12-16-8-7-9-16/h10-11,14,16,23H,6-9,12-13H2,1-5H3. The number of ether oxygens (including phenoxy) is 2. The lowest BCUT2D eigenvalue weighted by atomic mass is 9.86. The lowest BCUT2D eigenvalue weighted by molar-refractivity contribution is -0.0536. The average molecular weight is 348 g/mol. The van der Waals surface area contributed by atoms with Crippen LogP contribution in [0.3, 0.4) is 0 Å². The maximum Gasteiger partial charge on any atom is 0.127 e. The number of aliphatic hydroxyl groups is 1. The van der Waals surface area contributed by atoms with Gasteiger partial charge in [0.05, 0.1) is 25.7 Å². The molecule has 1 atom stereocenters. The van der Waals surface area contributed by atoms with Gasteiger partial charge in [-0.15, -0.1) is 0 Å². The molecule has 1 aromatic rings. The van der Waals surface area contributed by atoms with Crippen LogP contribution < -0.4 is 4.74 Å². The highest BCUT2D eigenvalue weighted by Crippen LogP contribution is 2.36. The Morgan fingerprint density at radius 3 is 2.68 bits per heavy atom. The third kappa shape index (κ3) is 5.19. The van der Waals surface area contributed by atoms with E-state index in [1.165, 1.54) is 19.3 Å². The van der Waals surface area contributed by atoms with Gasteiger partial charge in [-0.1, -0.05) is 6.42 Å². The molecule has 1 aliphatic rings. The molecule has 5 nitrogen and oxygen atoms in total. The fourth-order valence-electron chi connectivity index (χ4n) is 2.81. The third-order valence-electron chi connectivity index (χ3n) is 4.95. The summed E-state index contributed by atoms with van der Waals surface area (Å²) in [6.45, 7) is 7.73. The second kappa shape index (κ2) is 8.68. The molecule has 1 aromatic carbocycles. The van der Waals surface area contributed by atoms with Gasteiger partial charge in [-0.25, -0.2) is 4.99 Å². The molecule has 5 heteroatoms. The topological polar surface area (TPSA) is 54.3 Å². The molecule has 1 N–H and O–H groups in total. The molecule has 0 aliphatic heterocycles. The fourth-order valence-corrected chi connectivity index (χ4v) is 2.81. The molecule has 0 heterocycles. The highest BCUT2D eigenvalue weighted by molar-refractivity contribution is 5.65. The first kappa shape index (κ1) is 19.7. The minimum Gasteiger partial charge on any atom is -0.496 e. The predicted octanol–water partition coefficient (Wildman–Crippen LogP) is 3.64. The van der Waals surface area contributed by atoms with Crippen molar-refractivity contribution in [2.45, 2.75) is 45.6 Å². The Morgan fingerprint density at radius 2 is 2.12 bits per heavy atom. The lowest BCUT2D eigenvalue weighted by Gasteiger charge is -2.29. The average Bonchev–Trinajstić information content (AvgIpc) is 2.55. The summed E-state index contributed by atoms with van der Waals surface area (Å²) < 4.78 is 11.3. The Bertz CT molecular complexity index is 595. The van der Waals surface area contributed by atoms with Gasteiger partial charge in [0.25, 0.3) is 0 Å². The summed E-state index contributed by atoms with van der Waals surface area (Å²) >= 11 is 0. The Balaban J connectivity index is 2.15. The fraction of sp³-hybridized carbons (Fsp3) is 0.650. The molecule has 0 saturated heterocycles. The third-order valence-corrected chi connectivity index (χ3v) is 4.95. The van der Waals surface area contributed by atoms with E-state index in [1.807, 2.05) is 31.0 Å². The summed E-state index contributed by atoms with van der Waals surface area (Å²) in [4.78, 5) is 6.52. The Morgan fingerprint density at radius 1 is 1.40 bits per heavy atom. The van der Waals surface area contributed by atoms with Crippen LogP contribution in [0, 0.1) is 12.8 Å². The van der Waals surface area contributed by atoms with Crippen molar-refractivity contribution in [3.8, 4) is 5.75 Å². The van der Waals surface area contributed by atoms with Crippen molar-refractivity contribution in [2.75, 3.05) is 33.9 Å². The Kier molecular flexibility index (Phi) is 6.85. The van der Waals surface area contributed by atoms with Crippen molar-refractivity contribution in [1.29, 1.82) is 0 Å². The zero-order valence-electron chi connectivity index (χ0n) is 16.2. The van der Waals surface area contributed by atoms with Crippen molar-refractivity contribution in [1.82, 2.24) is 4.90 Å². The van der Waals surface area contributed by atoms with E-state index in [0.29, 0.717) is 11.7 Å².